The fourth-order valence-electron chi connectivity index (χ4n) is 1.61. The molecule has 0 saturated carbocycles. The summed E-state index contributed by atoms with van der Waals surface area (Å²) in [5.74, 6) is 0.879. The number of pyridine rings is 1. The molecule has 1 heterocycles. The van der Waals surface area contributed by atoms with E-state index in [4.69, 9.17) is 9.47 Å². The largest absolute Gasteiger partial charge is 0.494 e. The SMILES string of the molecule is CCS/C(=N\NC(C)=O)c1ncc(NC(=O)OC(C)C)cc1OC. The lowest BCUT2D eigenvalue weighted by Gasteiger charge is -2.13. The van der Waals surface area contributed by atoms with Crippen molar-refractivity contribution in [2.45, 2.75) is 33.8 Å². The number of methoxy groups -OCH3 is 1. The highest BCUT2D eigenvalue weighted by atomic mass is 32.2. The molecule has 24 heavy (non-hydrogen) atoms. The molecule has 2 amide bonds. The van der Waals surface area contributed by atoms with Gasteiger partial charge in [0.25, 0.3) is 0 Å². The number of aromatic nitrogens is 1. The first-order valence-corrected chi connectivity index (χ1v) is 8.35. The summed E-state index contributed by atoms with van der Waals surface area (Å²) in [6.45, 7) is 6.84. The minimum absolute atomic E-state index is 0.225. The Morgan fingerprint density at radius 2 is 2.12 bits per heavy atom. The van der Waals surface area contributed by atoms with Gasteiger partial charge < -0.3 is 9.47 Å². The predicted molar refractivity (Wildman–Crippen MR) is 94.5 cm³/mol. The summed E-state index contributed by atoms with van der Waals surface area (Å²) in [5, 5.41) is 7.14. The van der Waals surface area contributed by atoms with Gasteiger partial charge in [-0.05, 0) is 19.6 Å². The van der Waals surface area contributed by atoms with E-state index in [1.807, 2.05) is 6.92 Å². The molecule has 0 radical (unpaired) electrons. The van der Waals surface area contributed by atoms with E-state index in [1.165, 1.54) is 32.0 Å². The Bertz CT molecular complexity index is 619. The molecule has 0 aliphatic heterocycles. The third kappa shape index (κ3) is 6.45. The van der Waals surface area contributed by atoms with Crippen LogP contribution in [-0.2, 0) is 9.53 Å². The van der Waals surface area contributed by atoms with Crippen LogP contribution in [0.2, 0.25) is 0 Å². The second kappa shape index (κ2) is 9.76. The number of hydrogen-bond donors (Lipinski definition) is 2. The van der Waals surface area contributed by atoms with E-state index in [1.54, 1.807) is 19.9 Å². The molecule has 132 valence electrons. The van der Waals surface area contributed by atoms with Crippen molar-refractivity contribution >= 4 is 34.5 Å². The zero-order valence-electron chi connectivity index (χ0n) is 14.4. The van der Waals surface area contributed by atoms with Gasteiger partial charge in [0.1, 0.15) is 16.5 Å². The molecule has 0 aliphatic carbocycles. The van der Waals surface area contributed by atoms with E-state index in [-0.39, 0.29) is 12.0 Å². The van der Waals surface area contributed by atoms with Gasteiger partial charge in [-0.25, -0.2) is 15.2 Å². The number of carbonyl (C=O) groups is 2. The molecule has 0 atom stereocenters. The number of nitrogens with one attached hydrogen (secondary N) is 2. The number of anilines is 1. The van der Waals surface area contributed by atoms with E-state index in [0.717, 1.165) is 5.75 Å². The lowest BCUT2D eigenvalue weighted by Crippen LogP contribution is -2.19. The summed E-state index contributed by atoms with van der Waals surface area (Å²) in [5.41, 5.74) is 3.30. The standard InChI is InChI=1S/C15H22N4O4S/c1-6-24-14(19-18-10(4)20)13-12(22-5)7-11(8-16-13)17-15(21)23-9(2)3/h7-9H,6H2,1-5H3,(H,17,21)(H,18,20)/b19-14-. The Kier molecular flexibility index (Phi) is 8.03. The van der Waals surface area contributed by atoms with Crippen LogP contribution in [0.15, 0.2) is 17.4 Å². The van der Waals surface area contributed by atoms with Crippen LogP contribution in [0.4, 0.5) is 10.5 Å². The molecule has 1 aromatic rings. The van der Waals surface area contributed by atoms with Crippen LogP contribution in [0, 0.1) is 0 Å². The first-order valence-electron chi connectivity index (χ1n) is 7.36. The van der Waals surface area contributed by atoms with Crippen LogP contribution >= 0.6 is 11.8 Å². The molecule has 9 heteroatoms. The fraction of sp³-hybridized carbons (Fsp3) is 0.467. The lowest BCUT2D eigenvalue weighted by molar-refractivity contribution is -0.118. The highest BCUT2D eigenvalue weighted by Gasteiger charge is 2.15. The van der Waals surface area contributed by atoms with Crippen LogP contribution in [0.3, 0.4) is 0 Å². The van der Waals surface area contributed by atoms with E-state index in [0.29, 0.717) is 22.2 Å². The van der Waals surface area contributed by atoms with Gasteiger partial charge in [0.2, 0.25) is 5.91 Å². The first kappa shape index (κ1) is 19.8. The van der Waals surface area contributed by atoms with Crippen molar-refractivity contribution in [1.82, 2.24) is 10.4 Å². The second-order valence-corrected chi connectivity index (χ2v) is 6.12. The van der Waals surface area contributed by atoms with Crippen LogP contribution < -0.4 is 15.5 Å². The number of thioether (sulfide) groups is 1. The molecule has 0 saturated heterocycles. The second-order valence-electron chi connectivity index (χ2n) is 4.87. The molecule has 0 aliphatic rings. The Hall–Kier alpha value is -2.29. The number of amides is 2. The minimum atomic E-state index is -0.573. The predicted octanol–water partition coefficient (Wildman–Crippen LogP) is 2.60. The maximum atomic E-state index is 11.6. The third-order valence-corrected chi connectivity index (χ3v) is 3.31. The lowest BCUT2D eigenvalue weighted by atomic mass is 10.3. The number of hydrazone groups is 1. The van der Waals surface area contributed by atoms with Gasteiger partial charge >= 0.3 is 6.09 Å². The number of nitrogens with zero attached hydrogens (tertiary/aromatic N) is 2. The van der Waals surface area contributed by atoms with Gasteiger partial charge in [-0.15, -0.1) is 11.8 Å². The highest BCUT2D eigenvalue weighted by Crippen LogP contribution is 2.25. The molecule has 0 aromatic carbocycles. The van der Waals surface area contributed by atoms with Crippen LogP contribution in [0.5, 0.6) is 5.75 Å². The normalized spacial score (nSPS) is 11.2. The summed E-state index contributed by atoms with van der Waals surface area (Å²) in [4.78, 5) is 27.0. The zero-order chi connectivity index (χ0) is 18.1. The average Bonchev–Trinajstić information content (AvgIpc) is 2.50. The van der Waals surface area contributed by atoms with Gasteiger partial charge in [-0.3, -0.25) is 10.1 Å². The number of ether oxygens (including phenoxy) is 2. The molecule has 1 aromatic heterocycles. The zero-order valence-corrected chi connectivity index (χ0v) is 15.2. The smallest absolute Gasteiger partial charge is 0.411 e. The summed E-state index contributed by atoms with van der Waals surface area (Å²) in [6.07, 6.45) is 0.673. The quantitative estimate of drug-likeness (QED) is 0.462. The van der Waals surface area contributed by atoms with Crippen LogP contribution in [0.25, 0.3) is 0 Å². The minimum Gasteiger partial charge on any atom is -0.494 e. The average molecular weight is 354 g/mol. The van der Waals surface area contributed by atoms with Crippen LogP contribution in [-0.4, -0.2) is 41.0 Å². The third-order valence-electron chi connectivity index (χ3n) is 2.46. The van der Waals surface area contributed by atoms with Crippen molar-refractivity contribution in [2.75, 3.05) is 18.2 Å². The molecule has 0 bridgehead atoms. The first-order chi connectivity index (χ1) is 11.4. The van der Waals surface area contributed by atoms with Crippen LogP contribution in [0.1, 0.15) is 33.4 Å². The Labute approximate surface area is 145 Å². The number of rotatable bonds is 6. The highest BCUT2D eigenvalue weighted by molar-refractivity contribution is 8.14. The summed E-state index contributed by atoms with van der Waals surface area (Å²) < 4.78 is 10.3. The van der Waals surface area contributed by atoms with Crippen molar-refractivity contribution in [3.63, 3.8) is 0 Å². The Morgan fingerprint density at radius 1 is 1.42 bits per heavy atom. The molecule has 8 nitrogen and oxygen atoms in total. The van der Waals surface area contributed by atoms with Gasteiger partial charge in [0, 0.05) is 13.0 Å². The van der Waals surface area contributed by atoms with E-state index < -0.39 is 6.09 Å². The van der Waals surface area contributed by atoms with Crippen molar-refractivity contribution in [3.05, 3.63) is 18.0 Å². The monoisotopic (exact) mass is 354 g/mol. The topological polar surface area (TPSA) is 102 Å². The maximum Gasteiger partial charge on any atom is 0.411 e. The summed E-state index contributed by atoms with van der Waals surface area (Å²) in [7, 11) is 1.49. The van der Waals surface area contributed by atoms with Gasteiger partial charge in [0.05, 0.1) is 25.1 Å². The van der Waals surface area contributed by atoms with E-state index in [2.05, 4.69) is 20.8 Å². The molecule has 1 rings (SSSR count). The fourth-order valence-corrected chi connectivity index (χ4v) is 2.28. The molecular weight excluding hydrogens is 332 g/mol. The molecule has 2 N–H and O–H groups in total. The van der Waals surface area contributed by atoms with Crippen molar-refractivity contribution in [1.29, 1.82) is 0 Å². The number of hydrogen-bond acceptors (Lipinski definition) is 7. The number of carbonyl (C=O) groups excluding carboxylic acids is 2. The Balaban J connectivity index is 3.05. The molecule has 0 unspecified atom stereocenters. The maximum absolute atomic E-state index is 11.6. The van der Waals surface area contributed by atoms with Gasteiger partial charge in [0.15, 0.2) is 0 Å². The Morgan fingerprint density at radius 3 is 2.67 bits per heavy atom. The molecule has 0 fully saturated rings. The van der Waals surface area contributed by atoms with Gasteiger partial charge in [-0.1, -0.05) is 6.92 Å². The van der Waals surface area contributed by atoms with Crippen molar-refractivity contribution < 1.29 is 19.1 Å². The molecular formula is C15H22N4O4S. The van der Waals surface area contributed by atoms with Crippen molar-refractivity contribution in [2.24, 2.45) is 5.10 Å². The summed E-state index contributed by atoms with van der Waals surface area (Å²) in [6, 6.07) is 1.61. The summed E-state index contributed by atoms with van der Waals surface area (Å²) >= 11 is 1.41. The van der Waals surface area contributed by atoms with Gasteiger partial charge in [-0.2, -0.15) is 5.10 Å². The molecule has 0 spiro atoms. The van der Waals surface area contributed by atoms with Crippen molar-refractivity contribution in [3.8, 4) is 5.75 Å². The van der Waals surface area contributed by atoms with E-state index >= 15 is 0 Å². The van der Waals surface area contributed by atoms with E-state index in [9.17, 15) is 9.59 Å².